The molecule has 0 aliphatic heterocycles. The summed E-state index contributed by atoms with van der Waals surface area (Å²) in [5.41, 5.74) is 2.60. The summed E-state index contributed by atoms with van der Waals surface area (Å²) in [6.45, 7) is 2.46. The predicted octanol–water partition coefficient (Wildman–Crippen LogP) is 3.11. The number of fused-ring (bicyclic) bond motifs is 1. The molecule has 0 amide bonds. The highest BCUT2D eigenvalue weighted by Gasteiger charge is 2.12. The molecule has 0 saturated heterocycles. The molecule has 0 aliphatic rings. The Morgan fingerprint density at radius 1 is 1.19 bits per heavy atom. The minimum atomic E-state index is 0.288. The van der Waals surface area contributed by atoms with Crippen LogP contribution in [0.5, 0.6) is 5.75 Å². The van der Waals surface area contributed by atoms with Crippen molar-refractivity contribution >= 4 is 5.65 Å². The molecule has 0 saturated carbocycles. The smallest absolute Gasteiger partial charge is 0.258 e. The van der Waals surface area contributed by atoms with Crippen LogP contribution in [-0.4, -0.2) is 32.6 Å². The summed E-state index contributed by atoms with van der Waals surface area (Å²) >= 11 is 0. The summed E-state index contributed by atoms with van der Waals surface area (Å²) in [5.74, 6) is 1.90. The predicted molar refractivity (Wildman–Crippen MR) is 101 cm³/mol. The maximum atomic E-state index is 5.90. The highest BCUT2D eigenvalue weighted by molar-refractivity contribution is 5.55. The second-order valence-corrected chi connectivity index (χ2v) is 6.42. The first-order chi connectivity index (χ1) is 13.2. The maximum Gasteiger partial charge on any atom is 0.258 e. The second-order valence-electron chi connectivity index (χ2n) is 6.42. The summed E-state index contributed by atoms with van der Waals surface area (Å²) in [5, 5.41) is 7.21. The van der Waals surface area contributed by atoms with Crippen LogP contribution in [0.1, 0.15) is 18.4 Å². The Bertz CT molecular complexity index is 1010. The van der Waals surface area contributed by atoms with Crippen LogP contribution < -0.4 is 10.1 Å². The Balaban J connectivity index is 1.46. The normalized spacial score (nSPS) is 12.4. The fourth-order valence-corrected chi connectivity index (χ4v) is 2.76. The van der Waals surface area contributed by atoms with Crippen molar-refractivity contribution in [1.29, 1.82) is 0 Å². The van der Waals surface area contributed by atoms with Crippen LogP contribution in [0, 0.1) is 0 Å². The summed E-state index contributed by atoms with van der Waals surface area (Å²) in [4.78, 5) is 9.01. The maximum absolute atomic E-state index is 5.90. The molecule has 4 rings (SSSR count). The molecule has 0 aliphatic carbocycles. The average Bonchev–Trinajstić information content (AvgIpc) is 3.33. The van der Waals surface area contributed by atoms with Crippen LogP contribution in [0.4, 0.5) is 0 Å². The van der Waals surface area contributed by atoms with Gasteiger partial charge in [-0.25, -0.2) is 4.98 Å². The van der Waals surface area contributed by atoms with E-state index in [-0.39, 0.29) is 6.04 Å². The van der Waals surface area contributed by atoms with Crippen LogP contribution in [0.15, 0.2) is 59.4 Å². The van der Waals surface area contributed by atoms with Crippen molar-refractivity contribution in [2.75, 3.05) is 7.05 Å². The minimum absolute atomic E-state index is 0.288. The molecule has 7 heteroatoms. The lowest BCUT2D eigenvalue weighted by Gasteiger charge is -2.05. The standard InChI is InChI=1S/C20H21N5O2/c1-14(21-2)10-18-23-20(27-24-18)15-6-5-7-17(11-15)26-13-16-12-25-9-4-3-8-19(25)22-16/h3-9,11-12,14,21H,10,13H2,1-2H3. The number of likely N-dealkylation sites (N-methyl/N-ethyl adjacent to an activating group) is 1. The molecule has 0 bridgehead atoms. The van der Waals surface area contributed by atoms with Crippen LogP contribution in [0.2, 0.25) is 0 Å². The topological polar surface area (TPSA) is 77.5 Å². The van der Waals surface area contributed by atoms with E-state index in [2.05, 4.69) is 27.4 Å². The van der Waals surface area contributed by atoms with Gasteiger partial charge in [0.1, 0.15) is 18.0 Å². The van der Waals surface area contributed by atoms with Gasteiger partial charge in [-0.2, -0.15) is 4.98 Å². The van der Waals surface area contributed by atoms with Gasteiger partial charge in [-0.3, -0.25) is 0 Å². The van der Waals surface area contributed by atoms with Gasteiger partial charge >= 0.3 is 0 Å². The van der Waals surface area contributed by atoms with Gasteiger partial charge in [-0.05, 0) is 44.3 Å². The van der Waals surface area contributed by atoms with Gasteiger partial charge in [-0.15, -0.1) is 0 Å². The summed E-state index contributed by atoms with van der Waals surface area (Å²) in [7, 11) is 1.91. The van der Waals surface area contributed by atoms with E-state index in [1.54, 1.807) is 0 Å². The third-order valence-corrected chi connectivity index (χ3v) is 4.33. The van der Waals surface area contributed by atoms with E-state index in [0.717, 1.165) is 22.7 Å². The van der Waals surface area contributed by atoms with E-state index in [1.807, 2.05) is 66.3 Å². The van der Waals surface area contributed by atoms with Crippen molar-refractivity contribution in [1.82, 2.24) is 24.8 Å². The molecule has 1 unspecified atom stereocenters. The molecular formula is C20H21N5O2. The number of benzene rings is 1. The number of hydrogen-bond acceptors (Lipinski definition) is 6. The molecule has 0 spiro atoms. The van der Waals surface area contributed by atoms with E-state index in [9.17, 15) is 0 Å². The molecule has 7 nitrogen and oxygen atoms in total. The van der Waals surface area contributed by atoms with Crippen molar-refractivity contribution < 1.29 is 9.26 Å². The zero-order valence-corrected chi connectivity index (χ0v) is 15.3. The average molecular weight is 363 g/mol. The lowest BCUT2D eigenvalue weighted by molar-refractivity contribution is 0.302. The molecule has 4 aromatic rings. The Kier molecular flexibility index (Phi) is 4.84. The van der Waals surface area contributed by atoms with Gasteiger partial charge in [0.25, 0.3) is 5.89 Å². The van der Waals surface area contributed by atoms with E-state index in [4.69, 9.17) is 9.26 Å². The van der Waals surface area contributed by atoms with Crippen molar-refractivity contribution in [2.45, 2.75) is 26.0 Å². The third kappa shape index (κ3) is 3.98. The van der Waals surface area contributed by atoms with Crippen molar-refractivity contribution in [3.05, 3.63) is 66.4 Å². The molecular weight excluding hydrogens is 342 g/mol. The Morgan fingerprint density at radius 2 is 2.11 bits per heavy atom. The molecule has 0 fully saturated rings. The van der Waals surface area contributed by atoms with Gasteiger partial charge in [0.2, 0.25) is 0 Å². The molecule has 0 radical (unpaired) electrons. The van der Waals surface area contributed by atoms with Gasteiger partial charge < -0.3 is 19.0 Å². The number of pyridine rings is 1. The van der Waals surface area contributed by atoms with Crippen LogP contribution in [0.25, 0.3) is 17.1 Å². The van der Waals surface area contributed by atoms with Gasteiger partial charge in [-0.1, -0.05) is 17.3 Å². The Morgan fingerprint density at radius 3 is 2.96 bits per heavy atom. The first kappa shape index (κ1) is 17.2. The minimum Gasteiger partial charge on any atom is -0.487 e. The zero-order chi connectivity index (χ0) is 18.6. The lowest BCUT2D eigenvalue weighted by atomic mass is 10.2. The van der Waals surface area contributed by atoms with Crippen LogP contribution in [0.3, 0.4) is 0 Å². The molecule has 27 heavy (non-hydrogen) atoms. The van der Waals surface area contributed by atoms with E-state index < -0.39 is 0 Å². The number of nitrogens with zero attached hydrogens (tertiary/aromatic N) is 4. The van der Waals surface area contributed by atoms with Gasteiger partial charge in [0.15, 0.2) is 5.82 Å². The number of hydrogen-bond donors (Lipinski definition) is 1. The number of imidazole rings is 1. The van der Waals surface area contributed by atoms with Crippen molar-refractivity contribution in [3.63, 3.8) is 0 Å². The Labute approximate surface area is 157 Å². The molecule has 3 aromatic heterocycles. The third-order valence-electron chi connectivity index (χ3n) is 4.33. The van der Waals surface area contributed by atoms with Crippen molar-refractivity contribution in [2.24, 2.45) is 0 Å². The fourth-order valence-electron chi connectivity index (χ4n) is 2.76. The first-order valence-electron chi connectivity index (χ1n) is 8.87. The molecule has 1 atom stereocenters. The SMILES string of the molecule is CNC(C)Cc1noc(-c2cccc(OCc3cn4ccccc4n3)c2)n1. The van der Waals surface area contributed by atoms with E-state index >= 15 is 0 Å². The lowest BCUT2D eigenvalue weighted by Crippen LogP contribution is -2.24. The number of aromatic nitrogens is 4. The quantitative estimate of drug-likeness (QED) is 0.544. The number of ether oxygens (including phenoxy) is 1. The highest BCUT2D eigenvalue weighted by atomic mass is 16.5. The van der Waals surface area contributed by atoms with E-state index in [0.29, 0.717) is 24.7 Å². The Hall–Kier alpha value is -3.19. The molecule has 138 valence electrons. The first-order valence-corrected chi connectivity index (χ1v) is 8.87. The second kappa shape index (κ2) is 7.59. The zero-order valence-electron chi connectivity index (χ0n) is 15.3. The summed E-state index contributed by atoms with van der Waals surface area (Å²) < 4.78 is 13.3. The monoisotopic (exact) mass is 363 g/mol. The molecule has 1 aromatic carbocycles. The number of nitrogens with one attached hydrogen (secondary N) is 1. The summed E-state index contributed by atoms with van der Waals surface area (Å²) in [6.07, 6.45) is 4.64. The van der Waals surface area contributed by atoms with Gasteiger partial charge in [0.05, 0.1) is 5.69 Å². The highest BCUT2D eigenvalue weighted by Crippen LogP contribution is 2.23. The fraction of sp³-hybridized carbons (Fsp3) is 0.250. The molecule has 1 N–H and O–H groups in total. The van der Waals surface area contributed by atoms with E-state index in [1.165, 1.54) is 0 Å². The van der Waals surface area contributed by atoms with Crippen LogP contribution in [-0.2, 0) is 13.0 Å². The van der Waals surface area contributed by atoms with Crippen molar-refractivity contribution in [3.8, 4) is 17.2 Å². The number of rotatable bonds is 7. The largest absolute Gasteiger partial charge is 0.487 e. The van der Waals surface area contributed by atoms with Crippen LogP contribution >= 0.6 is 0 Å². The molecule has 3 heterocycles. The van der Waals surface area contributed by atoms with Gasteiger partial charge in [0, 0.05) is 30.4 Å². The summed E-state index contributed by atoms with van der Waals surface area (Å²) in [6, 6.07) is 13.8.